The molecule has 2 aliphatic heterocycles. The number of halogens is 9. The molecule has 10 nitrogen and oxygen atoms in total. The van der Waals surface area contributed by atoms with Crippen molar-refractivity contribution >= 4 is 29.4 Å². The molecule has 1 N–H and O–H groups in total. The predicted molar refractivity (Wildman–Crippen MR) is 167 cm³/mol. The third-order valence-electron chi connectivity index (χ3n) is 8.59. The quantitative estimate of drug-likeness (QED) is 0.186. The van der Waals surface area contributed by atoms with Gasteiger partial charge in [-0.1, -0.05) is 6.92 Å². The Bertz CT molecular complexity index is 1750. The Kier molecular flexibility index (Phi) is 11.1. The number of methoxy groups -OCH3 is 1. The van der Waals surface area contributed by atoms with E-state index < -0.39 is 72.4 Å². The van der Waals surface area contributed by atoms with Crippen LogP contribution in [0.2, 0.25) is 0 Å². The van der Waals surface area contributed by atoms with Crippen LogP contribution in [-0.4, -0.2) is 68.1 Å². The lowest BCUT2D eigenvalue weighted by Gasteiger charge is -2.40. The molecule has 0 radical (unpaired) electrons. The standard InChI is InChI=1S/C33H32F9N5O5/c1-3-22-15-24(23-14-19(31(34,35)36)4-5-26(23)47(22)30(49)52-17-28(48)50-2)44-29-43-16-27(46-6-8-51-9-7-46)25(45-29)12-18-10-20(32(37,38)39)13-21(11-18)33(40,41)42/h4-5,10-11,13-14,16,22,24H,3,6-9,12,15,17H2,1-2H3,(H,43,44,45)/t22-,24+/m1/s1. The van der Waals surface area contributed by atoms with Crippen LogP contribution < -0.4 is 15.1 Å². The van der Waals surface area contributed by atoms with E-state index in [9.17, 15) is 49.1 Å². The van der Waals surface area contributed by atoms with Gasteiger partial charge in [0.25, 0.3) is 0 Å². The molecule has 2 aliphatic rings. The molecular formula is C33H32F9N5O5. The van der Waals surface area contributed by atoms with Crippen molar-refractivity contribution in [2.75, 3.05) is 55.1 Å². The van der Waals surface area contributed by atoms with E-state index in [1.165, 1.54) is 6.20 Å². The SMILES string of the molecule is CC[C@@H]1C[C@H](Nc2ncc(N3CCOCC3)c(Cc3cc(C(F)(F)F)cc(C(F)(F)F)c3)n2)c2cc(C(F)(F)F)ccc2N1C(=O)OCC(=O)OC. The second kappa shape index (κ2) is 15.0. The van der Waals surface area contributed by atoms with E-state index >= 15 is 0 Å². The van der Waals surface area contributed by atoms with E-state index in [0.29, 0.717) is 30.9 Å². The maximum Gasteiger partial charge on any atom is 0.416 e. The lowest BCUT2D eigenvalue weighted by molar-refractivity contribution is -0.144. The summed E-state index contributed by atoms with van der Waals surface area (Å²) in [5, 5.41) is 2.98. The number of anilines is 3. The molecular weight excluding hydrogens is 717 g/mol. The van der Waals surface area contributed by atoms with E-state index in [1.54, 1.807) is 11.8 Å². The minimum absolute atomic E-state index is 0.00931. The molecule has 0 unspecified atom stereocenters. The number of nitrogens with one attached hydrogen (secondary N) is 1. The molecule has 1 saturated heterocycles. The fourth-order valence-electron chi connectivity index (χ4n) is 6.06. The molecule has 5 rings (SSSR count). The van der Waals surface area contributed by atoms with Gasteiger partial charge >= 0.3 is 30.6 Å². The minimum atomic E-state index is -5.08. The van der Waals surface area contributed by atoms with Gasteiger partial charge in [0.05, 0.1) is 66.3 Å². The van der Waals surface area contributed by atoms with Crippen LogP contribution in [0.5, 0.6) is 0 Å². The molecule has 19 heteroatoms. The molecule has 0 saturated carbocycles. The van der Waals surface area contributed by atoms with Gasteiger partial charge < -0.3 is 24.4 Å². The average Bonchev–Trinajstić information content (AvgIpc) is 3.09. The van der Waals surface area contributed by atoms with Crippen molar-refractivity contribution in [3.8, 4) is 0 Å². The van der Waals surface area contributed by atoms with Crippen LogP contribution in [0.15, 0.2) is 42.6 Å². The number of hydrogen-bond donors (Lipinski definition) is 1. The lowest BCUT2D eigenvalue weighted by Crippen LogP contribution is -2.46. The number of amides is 1. The smallest absolute Gasteiger partial charge is 0.416 e. The van der Waals surface area contributed by atoms with Gasteiger partial charge in [0.2, 0.25) is 5.95 Å². The number of aromatic nitrogens is 2. The van der Waals surface area contributed by atoms with Gasteiger partial charge in [-0.15, -0.1) is 0 Å². The van der Waals surface area contributed by atoms with E-state index in [-0.39, 0.29) is 60.6 Å². The lowest BCUT2D eigenvalue weighted by atomic mass is 9.89. The third kappa shape index (κ3) is 8.79. The highest BCUT2D eigenvalue weighted by Crippen LogP contribution is 2.43. The van der Waals surface area contributed by atoms with Gasteiger partial charge in [0.1, 0.15) is 0 Å². The number of ether oxygens (including phenoxy) is 3. The summed E-state index contributed by atoms with van der Waals surface area (Å²) in [4.78, 5) is 36.5. The van der Waals surface area contributed by atoms with Crippen LogP contribution in [0.1, 0.15) is 59.3 Å². The van der Waals surface area contributed by atoms with Gasteiger partial charge in [0.15, 0.2) is 6.61 Å². The first kappa shape index (κ1) is 38.4. The zero-order valence-electron chi connectivity index (χ0n) is 27.6. The summed E-state index contributed by atoms with van der Waals surface area (Å²) in [5.41, 5.74) is -4.00. The maximum absolute atomic E-state index is 13.9. The highest BCUT2D eigenvalue weighted by molar-refractivity contribution is 5.91. The number of benzene rings is 2. The summed E-state index contributed by atoms with van der Waals surface area (Å²) in [7, 11) is 1.08. The molecule has 3 aromatic rings. The molecule has 0 spiro atoms. The van der Waals surface area contributed by atoms with Crippen LogP contribution in [-0.2, 0) is 44.0 Å². The van der Waals surface area contributed by atoms with Crippen molar-refractivity contribution in [2.24, 2.45) is 0 Å². The summed E-state index contributed by atoms with van der Waals surface area (Å²) >= 11 is 0. The van der Waals surface area contributed by atoms with E-state index in [0.717, 1.165) is 30.2 Å². The van der Waals surface area contributed by atoms with Crippen molar-refractivity contribution in [3.63, 3.8) is 0 Å². The third-order valence-corrected chi connectivity index (χ3v) is 8.59. The summed E-state index contributed by atoms with van der Waals surface area (Å²) < 4.78 is 139. The van der Waals surface area contributed by atoms with Crippen molar-refractivity contribution < 1.29 is 63.3 Å². The number of carbonyl (C=O) groups is 2. The van der Waals surface area contributed by atoms with Gasteiger partial charge in [-0.25, -0.2) is 19.6 Å². The Balaban J connectivity index is 1.56. The normalized spacial score (nSPS) is 18.1. The highest BCUT2D eigenvalue weighted by Gasteiger charge is 2.40. The summed E-state index contributed by atoms with van der Waals surface area (Å²) in [6.45, 7) is 2.15. The molecule has 1 amide bonds. The van der Waals surface area contributed by atoms with E-state index in [1.807, 2.05) is 0 Å². The van der Waals surface area contributed by atoms with Crippen molar-refractivity contribution in [1.82, 2.24) is 9.97 Å². The zero-order chi connectivity index (χ0) is 38.0. The molecule has 1 aromatic heterocycles. The molecule has 52 heavy (non-hydrogen) atoms. The van der Waals surface area contributed by atoms with E-state index in [2.05, 4.69) is 20.0 Å². The molecule has 2 atom stereocenters. The number of morpholine rings is 1. The van der Waals surface area contributed by atoms with Crippen LogP contribution >= 0.6 is 0 Å². The topological polar surface area (TPSA) is 106 Å². The van der Waals surface area contributed by atoms with Gasteiger partial charge in [-0.2, -0.15) is 39.5 Å². The monoisotopic (exact) mass is 749 g/mol. The van der Waals surface area contributed by atoms with Crippen molar-refractivity contribution in [1.29, 1.82) is 0 Å². The van der Waals surface area contributed by atoms with Crippen LogP contribution in [0.25, 0.3) is 0 Å². The Hall–Kier alpha value is -4.81. The Morgan fingerprint density at radius 1 is 0.904 bits per heavy atom. The zero-order valence-corrected chi connectivity index (χ0v) is 27.6. The average molecular weight is 750 g/mol. The van der Waals surface area contributed by atoms with E-state index in [4.69, 9.17) is 9.47 Å². The summed E-state index contributed by atoms with van der Waals surface area (Å²) in [6.07, 6.45) is -14.8. The Morgan fingerprint density at radius 3 is 2.12 bits per heavy atom. The molecule has 1 fully saturated rings. The highest BCUT2D eigenvalue weighted by atomic mass is 19.4. The first-order valence-electron chi connectivity index (χ1n) is 15.9. The fraction of sp³-hybridized carbons (Fsp3) is 0.455. The Labute approximate surface area is 290 Å². The Morgan fingerprint density at radius 2 is 1.54 bits per heavy atom. The van der Waals surface area contributed by atoms with Gasteiger partial charge in [-0.3, -0.25) is 4.90 Å². The molecule has 0 aliphatic carbocycles. The summed E-state index contributed by atoms with van der Waals surface area (Å²) in [6, 6.07) is 2.28. The second-order valence-electron chi connectivity index (χ2n) is 12.0. The molecule has 0 bridgehead atoms. The van der Waals surface area contributed by atoms with Crippen LogP contribution in [0.3, 0.4) is 0 Å². The first-order valence-corrected chi connectivity index (χ1v) is 15.9. The molecule has 282 valence electrons. The number of hydrogen-bond acceptors (Lipinski definition) is 9. The molecule has 2 aromatic carbocycles. The first-order chi connectivity index (χ1) is 24.4. The summed E-state index contributed by atoms with van der Waals surface area (Å²) in [5.74, 6) is -1.04. The number of carbonyl (C=O) groups excluding carboxylic acids is 2. The van der Waals surface area contributed by atoms with Gasteiger partial charge in [0, 0.05) is 25.6 Å². The van der Waals surface area contributed by atoms with Crippen LogP contribution in [0.4, 0.5) is 61.6 Å². The fourth-order valence-corrected chi connectivity index (χ4v) is 6.06. The molecule has 3 heterocycles. The number of fused-ring (bicyclic) bond motifs is 1. The number of rotatable bonds is 8. The van der Waals surface area contributed by atoms with Crippen LogP contribution in [0, 0.1) is 0 Å². The largest absolute Gasteiger partial charge is 0.466 e. The van der Waals surface area contributed by atoms with Crippen molar-refractivity contribution in [3.05, 3.63) is 76.1 Å². The van der Waals surface area contributed by atoms with Gasteiger partial charge in [-0.05, 0) is 60.4 Å². The number of alkyl halides is 9. The number of esters is 1. The minimum Gasteiger partial charge on any atom is -0.466 e. The maximum atomic E-state index is 13.9. The predicted octanol–water partition coefficient (Wildman–Crippen LogP) is 7.41. The number of nitrogens with zero attached hydrogens (tertiary/aromatic N) is 4. The second-order valence-corrected chi connectivity index (χ2v) is 12.0. The van der Waals surface area contributed by atoms with Crippen molar-refractivity contribution in [2.45, 2.75) is 56.8 Å².